The van der Waals surface area contributed by atoms with Crippen LogP contribution in [-0.4, -0.2) is 58.0 Å². The third-order valence-electron chi connectivity index (χ3n) is 5.68. The lowest BCUT2D eigenvalue weighted by Crippen LogP contribution is -2.36. The first kappa shape index (κ1) is 24.3. The Hall–Kier alpha value is -2.88. The Morgan fingerprint density at radius 2 is 1.97 bits per heavy atom. The van der Waals surface area contributed by atoms with E-state index in [-0.39, 0.29) is 34.7 Å². The number of carbonyl (C=O) groups excluding carboxylic acids is 1. The zero-order chi connectivity index (χ0) is 24.5. The van der Waals surface area contributed by atoms with Crippen molar-refractivity contribution in [2.75, 3.05) is 37.0 Å². The summed E-state index contributed by atoms with van der Waals surface area (Å²) in [5, 5.41) is 4.55. The SMILES string of the molecule is CC(C)Cc1nc(N2CCCN(C(=O)CCl)CC2)c2c(-c3cccc(C(F)(F)F)c3)noc2n1. The summed E-state index contributed by atoms with van der Waals surface area (Å²) in [6.07, 6.45) is -3.19. The van der Waals surface area contributed by atoms with Crippen molar-refractivity contribution in [3.05, 3.63) is 35.7 Å². The predicted octanol–water partition coefficient (Wildman–Crippen LogP) is 4.78. The van der Waals surface area contributed by atoms with Gasteiger partial charge in [0, 0.05) is 38.2 Å². The largest absolute Gasteiger partial charge is 0.416 e. The molecule has 0 aliphatic carbocycles. The maximum absolute atomic E-state index is 13.3. The smallest absolute Gasteiger partial charge is 0.354 e. The molecule has 1 fully saturated rings. The molecule has 0 saturated carbocycles. The maximum atomic E-state index is 13.3. The average Bonchev–Trinajstić information content (AvgIpc) is 3.06. The number of hydrogen-bond acceptors (Lipinski definition) is 6. The second-order valence-corrected chi connectivity index (χ2v) is 8.97. The third-order valence-corrected chi connectivity index (χ3v) is 5.91. The highest BCUT2D eigenvalue weighted by Gasteiger charge is 2.31. The molecule has 11 heteroatoms. The van der Waals surface area contributed by atoms with Gasteiger partial charge in [-0.2, -0.15) is 18.2 Å². The van der Waals surface area contributed by atoms with Gasteiger partial charge in [-0.1, -0.05) is 31.1 Å². The van der Waals surface area contributed by atoms with E-state index in [1.807, 2.05) is 18.7 Å². The van der Waals surface area contributed by atoms with Crippen molar-refractivity contribution in [1.82, 2.24) is 20.0 Å². The summed E-state index contributed by atoms with van der Waals surface area (Å²) in [5.41, 5.74) is -0.0232. The molecule has 0 atom stereocenters. The van der Waals surface area contributed by atoms with Crippen LogP contribution in [0.4, 0.5) is 19.0 Å². The number of benzene rings is 1. The van der Waals surface area contributed by atoms with Gasteiger partial charge < -0.3 is 14.3 Å². The van der Waals surface area contributed by atoms with Gasteiger partial charge in [-0.15, -0.1) is 11.6 Å². The quantitative estimate of drug-likeness (QED) is 0.474. The molecule has 4 rings (SSSR count). The number of hydrogen-bond donors (Lipinski definition) is 0. The molecule has 182 valence electrons. The number of carbonyl (C=O) groups is 1. The van der Waals surface area contributed by atoms with E-state index in [4.69, 9.17) is 21.1 Å². The zero-order valence-corrected chi connectivity index (χ0v) is 19.7. The third kappa shape index (κ3) is 5.11. The van der Waals surface area contributed by atoms with Gasteiger partial charge in [-0.25, -0.2) is 4.98 Å². The molecule has 7 nitrogen and oxygen atoms in total. The van der Waals surface area contributed by atoms with Crippen LogP contribution in [0.25, 0.3) is 22.4 Å². The fourth-order valence-electron chi connectivity index (χ4n) is 4.07. The second-order valence-electron chi connectivity index (χ2n) is 8.71. The fraction of sp³-hybridized carbons (Fsp3) is 0.478. The number of fused-ring (bicyclic) bond motifs is 1. The Kier molecular flexibility index (Phi) is 6.97. The maximum Gasteiger partial charge on any atom is 0.416 e. The first-order chi connectivity index (χ1) is 16.2. The molecular formula is C23H25ClF3N5O2. The molecule has 3 aromatic rings. The van der Waals surface area contributed by atoms with Crippen molar-refractivity contribution in [3.63, 3.8) is 0 Å². The van der Waals surface area contributed by atoms with Crippen LogP contribution in [0.5, 0.6) is 0 Å². The molecule has 34 heavy (non-hydrogen) atoms. The minimum absolute atomic E-state index is 0.0817. The molecular weight excluding hydrogens is 471 g/mol. The van der Waals surface area contributed by atoms with E-state index in [0.29, 0.717) is 56.0 Å². The molecule has 3 heterocycles. The number of rotatable bonds is 5. The highest BCUT2D eigenvalue weighted by molar-refractivity contribution is 6.27. The molecule has 0 bridgehead atoms. The number of alkyl halides is 4. The van der Waals surface area contributed by atoms with Crippen LogP contribution in [0.15, 0.2) is 28.8 Å². The van der Waals surface area contributed by atoms with E-state index in [1.165, 1.54) is 6.07 Å². The number of anilines is 1. The Bertz CT molecular complexity index is 1180. The second kappa shape index (κ2) is 9.77. The van der Waals surface area contributed by atoms with Gasteiger partial charge in [0.2, 0.25) is 5.91 Å². The van der Waals surface area contributed by atoms with Gasteiger partial charge in [-0.05, 0) is 24.5 Å². The van der Waals surface area contributed by atoms with E-state index >= 15 is 0 Å². The van der Waals surface area contributed by atoms with Crippen LogP contribution in [0.3, 0.4) is 0 Å². The van der Waals surface area contributed by atoms with E-state index in [9.17, 15) is 18.0 Å². The predicted molar refractivity (Wildman–Crippen MR) is 123 cm³/mol. The van der Waals surface area contributed by atoms with Gasteiger partial charge >= 0.3 is 6.18 Å². The van der Waals surface area contributed by atoms with Crippen LogP contribution in [-0.2, 0) is 17.4 Å². The van der Waals surface area contributed by atoms with E-state index in [1.54, 1.807) is 11.0 Å². The number of amides is 1. The summed E-state index contributed by atoms with van der Waals surface area (Å²) in [5.74, 6) is 1.20. The zero-order valence-electron chi connectivity index (χ0n) is 18.9. The normalized spacial score (nSPS) is 15.3. The molecule has 1 saturated heterocycles. The summed E-state index contributed by atoms with van der Waals surface area (Å²) in [7, 11) is 0. The van der Waals surface area contributed by atoms with Crippen molar-refractivity contribution in [2.45, 2.75) is 32.9 Å². The Morgan fingerprint density at radius 3 is 2.68 bits per heavy atom. The lowest BCUT2D eigenvalue weighted by molar-refractivity contribution is -0.137. The van der Waals surface area contributed by atoms with Crippen LogP contribution in [0.2, 0.25) is 0 Å². The van der Waals surface area contributed by atoms with Crippen LogP contribution in [0.1, 0.15) is 31.7 Å². The molecule has 1 aliphatic heterocycles. The average molecular weight is 496 g/mol. The van der Waals surface area contributed by atoms with Gasteiger partial charge in [0.15, 0.2) is 0 Å². The number of aromatic nitrogens is 3. The summed E-state index contributed by atoms with van der Waals surface area (Å²) >= 11 is 5.73. The van der Waals surface area contributed by atoms with Gasteiger partial charge in [-0.3, -0.25) is 4.79 Å². The van der Waals surface area contributed by atoms with Crippen LogP contribution >= 0.6 is 11.6 Å². The molecule has 1 amide bonds. The van der Waals surface area contributed by atoms with Crippen molar-refractivity contribution in [2.24, 2.45) is 5.92 Å². The first-order valence-corrected chi connectivity index (χ1v) is 11.6. The minimum Gasteiger partial charge on any atom is -0.354 e. The standard InChI is InChI=1S/C23H25ClF3N5O2/c1-14(2)11-17-28-21(32-8-4-7-31(9-10-32)18(33)13-24)19-20(30-34-22(19)29-17)15-5-3-6-16(12-15)23(25,26)27/h3,5-6,12,14H,4,7-11,13H2,1-2H3. The van der Waals surface area contributed by atoms with Gasteiger partial charge in [0.1, 0.15) is 28.6 Å². The van der Waals surface area contributed by atoms with Crippen molar-refractivity contribution in [3.8, 4) is 11.3 Å². The molecule has 0 radical (unpaired) electrons. The highest BCUT2D eigenvalue weighted by atomic mass is 35.5. The Morgan fingerprint density at radius 1 is 1.18 bits per heavy atom. The summed E-state index contributed by atoms with van der Waals surface area (Å²) in [6, 6.07) is 4.96. The van der Waals surface area contributed by atoms with E-state index in [2.05, 4.69) is 10.1 Å². The monoisotopic (exact) mass is 495 g/mol. The number of halogens is 4. The summed E-state index contributed by atoms with van der Waals surface area (Å²) < 4.78 is 45.5. The molecule has 1 aromatic carbocycles. The Balaban J connectivity index is 1.81. The topological polar surface area (TPSA) is 75.4 Å². The fourth-order valence-corrected chi connectivity index (χ4v) is 4.24. The Labute approximate surface area is 199 Å². The molecule has 0 N–H and O–H groups in total. The first-order valence-electron chi connectivity index (χ1n) is 11.1. The number of nitrogens with zero attached hydrogens (tertiary/aromatic N) is 5. The molecule has 2 aromatic heterocycles. The molecule has 1 aliphatic rings. The minimum atomic E-state index is -4.48. The highest BCUT2D eigenvalue weighted by Crippen LogP contribution is 2.37. The summed E-state index contributed by atoms with van der Waals surface area (Å²) in [6.45, 7) is 6.21. The van der Waals surface area contributed by atoms with E-state index < -0.39 is 11.7 Å². The van der Waals surface area contributed by atoms with Crippen LogP contribution in [0, 0.1) is 5.92 Å². The van der Waals surface area contributed by atoms with Gasteiger partial charge in [0.25, 0.3) is 5.71 Å². The summed E-state index contributed by atoms with van der Waals surface area (Å²) in [4.78, 5) is 25.1. The lowest BCUT2D eigenvalue weighted by Gasteiger charge is -2.23. The molecule has 0 spiro atoms. The van der Waals surface area contributed by atoms with E-state index in [0.717, 1.165) is 12.1 Å². The van der Waals surface area contributed by atoms with Crippen molar-refractivity contribution in [1.29, 1.82) is 0 Å². The van der Waals surface area contributed by atoms with Gasteiger partial charge in [0.05, 0.1) is 5.56 Å². The lowest BCUT2D eigenvalue weighted by atomic mass is 10.1. The van der Waals surface area contributed by atoms with Crippen molar-refractivity contribution < 1.29 is 22.5 Å². The molecule has 0 unspecified atom stereocenters. The van der Waals surface area contributed by atoms with Crippen LogP contribution < -0.4 is 4.90 Å². The van der Waals surface area contributed by atoms with Crippen molar-refractivity contribution >= 4 is 34.4 Å².